The molecule has 0 aliphatic carbocycles. The molecule has 4 heteroatoms. The highest BCUT2D eigenvalue weighted by atomic mass is 35.5. The van der Waals surface area contributed by atoms with Gasteiger partial charge in [-0.3, -0.25) is 0 Å². The van der Waals surface area contributed by atoms with Crippen LogP contribution in [0.5, 0.6) is 0 Å². The first-order chi connectivity index (χ1) is 3.00. The second-order valence-corrected chi connectivity index (χ2v) is 1.36. The Bertz CT molecular complexity index is 29.5. The molecule has 0 unspecified atom stereocenters. The van der Waals surface area contributed by atoms with E-state index in [0.717, 1.165) is 26.3 Å². The summed E-state index contributed by atoms with van der Waals surface area (Å²) in [6.07, 6.45) is 0. The zero-order valence-corrected chi connectivity index (χ0v) is 5.87. The van der Waals surface area contributed by atoms with Gasteiger partial charge in [0, 0.05) is 13.1 Å². The van der Waals surface area contributed by atoms with Gasteiger partial charge in [-0.05, 0) is 0 Å². The average Bonchev–Trinajstić information content (AvgIpc) is 1.72. The van der Waals surface area contributed by atoms with Crippen LogP contribution in [0, 0.1) is 0 Å². The maximum Gasteiger partial charge on any atom is 0.0591 e. The SMILES string of the molecule is C1COCCN1.[Cl-].[NH4+]. The Morgan fingerprint density at radius 1 is 1.12 bits per heavy atom. The van der Waals surface area contributed by atoms with Gasteiger partial charge in [0.25, 0.3) is 0 Å². The van der Waals surface area contributed by atoms with Crippen LogP contribution < -0.4 is 23.9 Å². The van der Waals surface area contributed by atoms with Gasteiger partial charge >= 0.3 is 0 Å². The standard InChI is InChI=1S/C4H9NO.ClH.H3N/c1-3-6-4-2-5-1;;/h5H,1-4H2;1H;1H3. The van der Waals surface area contributed by atoms with E-state index in [1.807, 2.05) is 0 Å². The molecule has 1 rings (SSSR count). The number of nitrogens with one attached hydrogen (secondary N) is 1. The van der Waals surface area contributed by atoms with Crippen LogP contribution >= 0.6 is 0 Å². The minimum atomic E-state index is 0. The minimum absolute atomic E-state index is 0. The normalized spacial score (nSPS) is 18.0. The summed E-state index contributed by atoms with van der Waals surface area (Å²) >= 11 is 0. The summed E-state index contributed by atoms with van der Waals surface area (Å²) in [7, 11) is 0. The number of quaternary nitrogens is 1. The van der Waals surface area contributed by atoms with E-state index < -0.39 is 0 Å². The molecule has 3 nitrogen and oxygen atoms in total. The van der Waals surface area contributed by atoms with E-state index in [-0.39, 0.29) is 18.6 Å². The predicted octanol–water partition coefficient (Wildman–Crippen LogP) is -3.01. The summed E-state index contributed by atoms with van der Waals surface area (Å²) in [4.78, 5) is 0. The molecule has 0 aromatic heterocycles. The van der Waals surface area contributed by atoms with Crippen molar-refractivity contribution in [2.75, 3.05) is 26.3 Å². The number of halogens is 1. The Labute approximate surface area is 55.8 Å². The van der Waals surface area contributed by atoms with Crippen molar-refractivity contribution in [1.29, 1.82) is 0 Å². The van der Waals surface area contributed by atoms with Crippen molar-refractivity contribution in [3.05, 3.63) is 0 Å². The van der Waals surface area contributed by atoms with Gasteiger partial charge in [-0.15, -0.1) is 0 Å². The maximum atomic E-state index is 5.01. The van der Waals surface area contributed by atoms with E-state index in [1.165, 1.54) is 0 Å². The van der Waals surface area contributed by atoms with Crippen LogP contribution in [-0.4, -0.2) is 26.3 Å². The van der Waals surface area contributed by atoms with Gasteiger partial charge in [0.15, 0.2) is 0 Å². The minimum Gasteiger partial charge on any atom is -1.00 e. The molecule has 0 atom stereocenters. The third kappa shape index (κ3) is 4.33. The molecule has 1 fully saturated rings. The Morgan fingerprint density at radius 3 is 1.75 bits per heavy atom. The van der Waals surface area contributed by atoms with Gasteiger partial charge in [0.05, 0.1) is 13.2 Å². The molecule has 0 spiro atoms. The number of morpholine rings is 1. The molecule has 0 radical (unpaired) electrons. The first-order valence-corrected chi connectivity index (χ1v) is 2.28. The van der Waals surface area contributed by atoms with E-state index >= 15 is 0 Å². The summed E-state index contributed by atoms with van der Waals surface area (Å²) in [6, 6.07) is 0. The van der Waals surface area contributed by atoms with Crippen molar-refractivity contribution in [3.8, 4) is 0 Å². The molecule has 0 aromatic carbocycles. The van der Waals surface area contributed by atoms with Crippen LogP contribution in [0.25, 0.3) is 0 Å². The molecular weight excluding hydrogens is 128 g/mol. The molecule has 0 saturated carbocycles. The van der Waals surface area contributed by atoms with Crippen molar-refractivity contribution < 1.29 is 17.1 Å². The van der Waals surface area contributed by atoms with E-state index in [1.54, 1.807) is 0 Å². The maximum absolute atomic E-state index is 5.01. The van der Waals surface area contributed by atoms with Crippen LogP contribution in [0.1, 0.15) is 0 Å². The first kappa shape index (κ1) is 11.0. The van der Waals surface area contributed by atoms with E-state index in [9.17, 15) is 0 Å². The monoisotopic (exact) mass is 140 g/mol. The molecule has 52 valence electrons. The lowest BCUT2D eigenvalue weighted by Crippen LogP contribution is -3.00. The quantitative estimate of drug-likeness (QED) is 0.377. The van der Waals surface area contributed by atoms with Crippen molar-refractivity contribution in [2.24, 2.45) is 0 Å². The summed E-state index contributed by atoms with van der Waals surface area (Å²) < 4.78 is 5.01. The topological polar surface area (TPSA) is 57.8 Å². The fraction of sp³-hybridized carbons (Fsp3) is 1.00. The average molecular weight is 141 g/mol. The van der Waals surface area contributed by atoms with E-state index in [2.05, 4.69) is 5.32 Å². The van der Waals surface area contributed by atoms with Crippen LogP contribution in [0.15, 0.2) is 0 Å². The molecular formula is C4H13ClN2O. The Hall–Kier alpha value is 0.170. The van der Waals surface area contributed by atoms with Gasteiger partial charge in [-0.1, -0.05) is 0 Å². The lowest BCUT2D eigenvalue weighted by Gasteiger charge is -2.10. The third-order valence-corrected chi connectivity index (χ3v) is 0.846. The smallest absolute Gasteiger partial charge is 0.0591 e. The number of hydrogen-bond acceptors (Lipinski definition) is 2. The highest BCUT2D eigenvalue weighted by molar-refractivity contribution is 4.49. The summed E-state index contributed by atoms with van der Waals surface area (Å²) in [5, 5.41) is 3.16. The first-order valence-electron chi connectivity index (χ1n) is 2.28. The zero-order chi connectivity index (χ0) is 4.24. The van der Waals surface area contributed by atoms with E-state index in [4.69, 9.17) is 4.74 Å². The van der Waals surface area contributed by atoms with Crippen molar-refractivity contribution in [2.45, 2.75) is 0 Å². The summed E-state index contributed by atoms with van der Waals surface area (Å²) in [5.74, 6) is 0. The fourth-order valence-electron chi connectivity index (χ4n) is 0.516. The van der Waals surface area contributed by atoms with Crippen LogP contribution in [-0.2, 0) is 4.74 Å². The summed E-state index contributed by atoms with van der Waals surface area (Å²) in [5.41, 5.74) is 0. The molecule has 0 aromatic rings. The molecule has 5 N–H and O–H groups in total. The van der Waals surface area contributed by atoms with Crippen molar-refractivity contribution >= 4 is 0 Å². The van der Waals surface area contributed by atoms with Crippen LogP contribution in [0.3, 0.4) is 0 Å². The highest BCUT2D eigenvalue weighted by Gasteiger charge is 1.92. The predicted molar refractivity (Wildman–Crippen MR) is 29.7 cm³/mol. The van der Waals surface area contributed by atoms with Gasteiger partial charge in [0.2, 0.25) is 0 Å². The van der Waals surface area contributed by atoms with Gasteiger partial charge in [-0.25, -0.2) is 0 Å². The Kier molecular flexibility index (Phi) is 9.89. The molecule has 0 bridgehead atoms. The van der Waals surface area contributed by atoms with Crippen LogP contribution in [0.4, 0.5) is 0 Å². The second kappa shape index (κ2) is 7.17. The third-order valence-electron chi connectivity index (χ3n) is 0.846. The summed E-state index contributed by atoms with van der Waals surface area (Å²) in [6.45, 7) is 3.83. The van der Waals surface area contributed by atoms with Gasteiger partial charge < -0.3 is 28.6 Å². The largest absolute Gasteiger partial charge is 1.00 e. The number of ether oxygens (including phenoxy) is 1. The Morgan fingerprint density at radius 2 is 1.62 bits per heavy atom. The lowest BCUT2D eigenvalue weighted by atomic mass is 10.5. The van der Waals surface area contributed by atoms with Gasteiger partial charge in [-0.2, -0.15) is 0 Å². The van der Waals surface area contributed by atoms with Crippen LogP contribution in [0.2, 0.25) is 0 Å². The Balaban J connectivity index is 0. The molecule has 1 heterocycles. The molecule has 1 saturated heterocycles. The highest BCUT2D eigenvalue weighted by Crippen LogP contribution is 1.76. The molecule has 8 heavy (non-hydrogen) atoms. The molecule has 1 aliphatic heterocycles. The van der Waals surface area contributed by atoms with E-state index in [0.29, 0.717) is 0 Å². The fourth-order valence-corrected chi connectivity index (χ4v) is 0.516. The lowest BCUT2D eigenvalue weighted by molar-refractivity contribution is -0.00000242. The second-order valence-electron chi connectivity index (χ2n) is 1.36. The van der Waals surface area contributed by atoms with Gasteiger partial charge in [0.1, 0.15) is 0 Å². The zero-order valence-electron chi connectivity index (χ0n) is 5.11. The molecule has 1 aliphatic rings. The van der Waals surface area contributed by atoms with Crippen molar-refractivity contribution in [1.82, 2.24) is 11.5 Å². The van der Waals surface area contributed by atoms with Crippen molar-refractivity contribution in [3.63, 3.8) is 0 Å². The molecule has 0 amide bonds. The number of rotatable bonds is 0. The number of hydrogen-bond donors (Lipinski definition) is 2.